The number of nitrogens with zero attached hydrogens (tertiary/aromatic N) is 2. The van der Waals surface area contributed by atoms with Crippen LogP contribution in [0.3, 0.4) is 0 Å². The van der Waals surface area contributed by atoms with Gasteiger partial charge in [0.15, 0.2) is 0 Å². The normalized spacial score (nSPS) is 14.5. The predicted octanol–water partition coefficient (Wildman–Crippen LogP) is 2.71. The van der Waals surface area contributed by atoms with E-state index in [9.17, 15) is 9.59 Å². The molecule has 172 valence electrons. The summed E-state index contributed by atoms with van der Waals surface area (Å²) in [6, 6.07) is 15.1. The van der Waals surface area contributed by atoms with Gasteiger partial charge in [0, 0.05) is 32.1 Å². The van der Waals surface area contributed by atoms with Gasteiger partial charge >= 0.3 is 0 Å². The zero-order valence-electron chi connectivity index (χ0n) is 19.3. The van der Waals surface area contributed by atoms with Crippen molar-refractivity contribution < 1.29 is 19.1 Å². The van der Waals surface area contributed by atoms with Crippen LogP contribution in [0.15, 0.2) is 48.5 Å². The first kappa shape index (κ1) is 23.6. The molecule has 0 bridgehead atoms. The lowest BCUT2D eigenvalue weighted by atomic mass is 9.98. The third kappa shape index (κ3) is 6.01. The number of methoxy groups -OCH3 is 2. The molecular formula is C25H33N3O4. The number of ether oxygens (including phenoxy) is 2. The molecule has 7 heteroatoms. The van der Waals surface area contributed by atoms with Crippen LogP contribution >= 0.6 is 0 Å². The van der Waals surface area contributed by atoms with Gasteiger partial charge in [0.25, 0.3) is 0 Å². The Morgan fingerprint density at radius 2 is 1.31 bits per heavy atom. The minimum atomic E-state index is -0.289. The Bertz CT molecular complexity index is 841. The summed E-state index contributed by atoms with van der Waals surface area (Å²) >= 11 is 0. The lowest BCUT2D eigenvalue weighted by molar-refractivity contribution is -0.136. The zero-order valence-corrected chi connectivity index (χ0v) is 19.3. The van der Waals surface area contributed by atoms with Gasteiger partial charge in [-0.25, -0.2) is 0 Å². The Morgan fingerprint density at radius 1 is 0.844 bits per heavy atom. The van der Waals surface area contributed by atoms with Gasteiger partial charge in [-0.05, 0) is 35.4 Å². The lowest BCUT2D eigenvalue weighted by Gasteiger charge is -2.35. The highest BCUT2D eigenvalue weighted by molar-refractivity contribution is 5.79. The molecule has 2 aromatic rings. The maximum absolute atomic E-state index is 13.0. The van der Waals surface area contributed by atoms with E-state index in [0.717, 1.165) is 22.6 Å². The quantitative estimate of drug-likeness (QED) is 0.685. The third-order valence-electron chi connectivity index (χ3n) is 5.75. The monoisotopic (exact) mass is 439 g/mol. The molecule has 0 atom stereocenters. The highest BCUT2D eigenvalue weighted by Gasteiger charge is 2.25. The number of nitrogens with one attached hydrogen (secondary N) is 1. The average Bonchev–Trinajstić information content (AvgIpc) is 2.82. The van der Waals surface area contributed by atoms with Crippen LogP contribution in [0.2, 0.25) is 0 Å². The second kappa shape index (κ2) is 11.0. The summed E-state index contributed by atoms with van der Waals surface area (Å²) in [5.41, 5.74) is 1.94. The van der Waals surface area contributed by atoms with Crippen LogP contribution in [0.25, 0.3) is 0 Å². The molecule has 7 nitrogen and oxygen atoms in total. The number of carbonyl (C=O) groups is 2. The van der Waals surface area contributed by atoms with E-state index in [1.807, 2.05) is 67.3 Å². The number of benzene rings is 2. The van der Waals surface area contributed by atoms with Crippen LogP contribution in [0.5, 0.6) is 11.5 Å². The highest BCUT2D eigenvalue weighted by atomic mass is 16.5. The average molecular weight is 440 g/mol. The van der Waals surface area contributed by atoms with E-state index >= 15 is 0 Å². The van der Waals surface area contributed by atoms with Gasteiger partial charge in [0.05, 0.1) is 26.8 Å². The number of amides is 2. The lowest BCUT2D eigenvalue weighted by Crippen LogP contribution is -2.52. The van der Waals surface area contributed by atoms with Gasteiger partial charge < -0.3 is 19.7 Å². The molecule has 1 saturated heterocycles. The van der Waals surface area contributed by atoms with E-state index in [2.05, 4.69) is 10.2 Å². The fraction of sp³-hybridized carbons (Fsp3) is 0.440. The molecule has 0 aromatic heterocycles. The van der Waals surface area contributed by atoms with Gasteiger partial charge in [0.2, 0.25) is 11.8 Å². The molecule has 1 N–H and O–H groups in total. The van der Waals surface area contributed by atoms with Crippen molar-refractivity contribution in [3.8, 4) is 11.5 Å². The minimum absolute atomic E-state index is 0.000370. The summed E-state index contributed by atoms with van der Waals surface area (Å²) in [6.07, 6.45) is 0. The van der Waals surface area contributed by atoms with Crippen molar-refractivity contribution in [2.75, 3.05) is 46.9 Å². The van der Waals surface area contributed by atoms with Gasteiger partial charge in [0.1, 0.15) is 11.5 Å². The SMILES string of the molecule is COc1ccc(C(NC(=O)CN2CCN(C(=O)C(C)C)CC2)c2ccc(OC)cc2)cc1. The van der Waals surface area contributed by atoms with E-state index in [-0.39, 0.29) is 23.8 Å². The van der Waals surface area contributed by atoms with E-state index < -0.39 is 0 Å². The minimum Gasteiger partial charge on any atom is -0.497 e. The smallest absolute Gasteiger partial charge is 0.234 e. The highest BCUT2D eigenvalue weighted by Crippen LogP contribution is 2.26. The molecule has 0 aliphatic carbocycles. The summed E-state index contributed by atoms with van der Waals surface area (Å²) in [5.74, 6) is 1.66. The first-order valence-corrected chi connectivity index (χ1v) is 11.0. The maximum Gasteiger partial charge on any atom is 0.234 e. The van der Waals surface area contributed by atoms with E-state index in [0.29, 0.717) is 32.7 Å². The Labute approximate surface area is 190 Å². The summed E-state index contributed by atoms with van der Waals surface area (Å²) in [5, 5.41) is 3.18. The van der Waals surface area contributed by atoms with Crippen LogP contribution in [0.1, 0.15) is 31.0 Å². The molecule has 2 amide bonds. The molecular weight excluding hydrogens is 406 g/mol. The van der Waals surface area contributed by atoms with Crippen LogP contribution in [-0.4, -0.2) is 68.6 Å². The Morgan fingerprint density at radius 3 is 1.72 bits per heavy atom. The van der Waals surface area contributed by atoms with E-state index in [1.54, 1.807) is 14.2 Å². The number of piperazine rings is 1. The second-order valence-corrected chi connectivity index (χ2v) is 8.30. The number of hydrogen-bond acceptors (Lipinski definition) is 5. The number of hydrogen-bond donors (Lipinski definition) is 1. The van der Waals surface area contributed by atoms with Crippen molar-refractivity contribution in [2.24, 2.45) is 5.92 Å². The molecule has 1 aliphatic rings. The molecule has 1 aliphatic heterocycles. The van der Waals surface area contributed by atoms with Crippen LogP contribution in [-0.2, 0) is 9.59 Å². The topological polar surface area (TPSA) is 71.1 Å². The first-order valence-electron chi connectivity index (χ1n) is 11.0. The van der Waals surface area contributed by atoms with Crippen LogP contribution in [0.4, 0.5) is 0 Å². The predicted molar refractivity (Wildman–Crippen MR) is 124 cm³/mol. The van der Waals surface area contributed by atoms with Crippen molar-refractivity contribution in [1.82, 2.24) is 15.1 Å². The fourth-order valence-electron chi connectivity index (χ4n) is 3.85. The zero-order chi connectivity index (χ0) is 23.1. The Hall–Kier alpha value is -3.06. The summed E-state index contributed by atoms with van der Waals surface area (Å²) in [6.45, 7) is 6.84. The number of carbonyl (C=O) groups excluding carboxylic acids is 2. The van der Waals surface area contributed by atoms with Gasteiger partial charge in [-0.3, -0.25) is 14.5 Å². The van der Waals surface area contributed by atoms with Crippen molar-refractivity contribution >= 4 is 11.8 Å². The molecule has 32 heavy (non-hydrogen) atoms. The second-order valence-electron chi connectivity index (χ2n) is 8.30. The van der Waals surface area contributed by atoms with Crippen molar-refractivity contribution in [3.05, 3.63) is 59.7 Å². The van der Waals surface area contributed by atoms with Gasteiger partial charge in [-0.15, -0.1) is 0 Å². The third-order valence-corrected chi connectivity index (χ3v) is 5.75. The summed E-state index contributed by atoms with van der Waals surface area (Å²) < 4.78 is 10.5. The van der Waals surface area contributed by atoms with Crippen molar-refractivity contribution in [2.45, 2.75) is 19.9 Å². The van der Waals surface area contributed by atoms with Crippen molar-refractivity contribution in [1.29, 1.82) is 0 Å². The molecule has 0 spiro atoms. The van der Waals surface area contributed by atoms with E-state index in [1.165, 1.54) is 0 Å². The van der Waals surface area contributed by atoms with Gasteiger partial charge in [-0.2, -0.15) is 0 Å². The maximum atomic E-state index is 13.0. The van der Waals surface area contributed by atoms with Crippen LogP contribution in [0, 0.1) is 5.92 Å². The Kier molecular flexibility index (Phi) is 8.11. The molecule has 0 radical (unpaired) electrons. The fourth-order valence-corrected chi connectivity index (χ4v) is 3.85. The molecule has 1 fully saturated rings. The summed E-state index contributed by atoms with van der Waals surface area (Å²) in [7, 11) is 3.26. The number of rotatable bonds is 8. The first-order chi connectivity index (χ1) is 15.4. The molecule has 0 saturated carbocycles. The molecule has 2 aromatic carbocycles. The standard InChI is InChI=1S/C25H33N3O4/c1-18(2)25(30)28-15-13-27(14-16-28)17-23(29)26-24(19-5-9-21(31-3)10-6-19)20-7-11-22(32-4)12-8-20/h5-12,18,24H,13-17H2,1-4H3,(H,26,29). The largest absolute Gasteiger partial charge is 0.497 e. The van der Waals surface area contributed by atoms with Gasteiger partial charge in [-0.1, -0.05) is 38.1 Å². The molecule has 1 heterocycles. The molecule has 0 unspecified atom stereocenters. The van der Waals surface area contributed by atoms with Crippen molar-refractivity contribution in [3.63, 3.8) is 0 Å². The Balaban J connectivity index is 1.67. The van der Waals surface area contributed by atoms with E-state index in [4.69, 9.17) is 9.47 Å². The molecule has 3 rings (SSSR count). The summed E-state index contributed by atoms with van der Waals surface area (Å²) in [4.78, 5) is 29.1. The van der Waals surface area contributed by atoms with Crippen LogP contribution < -0.4 is 14.8 Å².